The lowest BCUT2D eigenvalue weighted by molar-refractivity contribution is -0.183. The molecule has 0 radical (unpaired) electrons. The molecule has 0 amide bonds. The topological polar surface area (TPSA) is 36.4 Å². The highest BCUT2D eigenvalue weighted by atomic mass is 127. The number of guanidine groups is 1. The number of alkyl halides is 3. The smallest absolute Gasteiger partial charge is 0.356 e. The quantitative estimate of drug-likeness (QED) is 0.389. The van der Waals surface area contributed by atoms with Gasteiger partial charge < -0.3 is 10.6 Å². The van der Waals surface area contributed by atoms with Crippen LogP contribution in [0.4, 0.5) is 13.2 Å². The predicted molar refractivity (Wildman–Crippen MR) is 107 cm³/mol. The normalized spacial score (nSPS) is 21.4. The Kier molecular flexibility index (Phi) is 9.02. The highest BCUT2D eigenvalue weighted by Crippen LogP contribution is 2.37. The first-order chi connectivity index (χ1) is 11.4. The Labute approximate surface area is 164 Å². The minimum absolute atomic E-state index is 0. The van der Waals surface area contributed by atoms with Crippen molar-refractivity contribution in [3.8, 4) is 0 Å². The van der Waals surface area contributed by atoms with Gasteiger partial charge >= 0.3 is 6.18 Å². The summed E-state index contributed by atoms with van der Waals surface area (Å²) in [7, 11) is 1.64. The van der Waals surface area contributed by atoms with Crippen molar-refractivity contribution in [1.29, 1.82) is 0 Å². The maximum atomic E-state index is 12.9. The second kappa shape index (κ2) is 10.2. The Balaban J connectivity index is 0.00000312. The molecule has 2 atom stereocenters. The van der Waals surface area contributed by atoms with Gasteiger partial charge in [0.15, 0.2) is 5.96 Å². The van der Waals surface area contributed by atoms with Crippen LogP contribution >= 0.6 is 24.0 Å². The number of benzene rings is 1. The number of nitrogens with one attached hydrogen (secondary N) is 2. The number of hydrogen-bond donors (Lipinski definition) is 2. The lowest BCUT2D eigenvalue weighted by Gasteiger charge is -2.31. The lowest BCUT2D eigenvalue weighted by Crippen LogP contribution is -2.47. The van der Waals surface area contributed by atoms with E-state index in [9.17, 15) is 13.2 Å². The maximum Gasteiger partial charge on any atom is 0.391 e. The number of rotatable bonds is 4. The first kappa shape index (κ1) is 22.1. The van der Waals surface area contributed by atoms with E-state index in [1.165, 1.54) is 11.1 Å². The summed E-state index contributed by atoms with van der Waals surface area (Å²) in [5.41, 5.74) is 2.44. The van der Waals surface area contributed by atoms with Gasteiger partial charge in [0.2, 0.25) is 0 Å². The van der Waals surface area contributed by atoms with Gasteiger partial charge in [-0.2, -0.15) is 13.2 Å². The highest BCUT2D eigenvalue weighted by molar-refractivity contribution is 14.0. The average molecular weight is 469 g/mol. The summed E-state index contributed by atoms with van der Waals surface area (Å²) in [5, 5.41) is 6.33. The third-order valence-corrected chi connectivity index (χ3v) is 4.53. The largest absolute Gasteiger partial charge is 0.391 e. The number of nitrogens with zero attached hydrogens (tertiary/aromatic N) is 1. The zero-order valence-corrected chi connectivity index (χ0v) is 17.0. The molecule has 0 bridgehead atoms. The summed E-state index contributed by atoms with van der Waals surface area (Å²) >= 11 is 0. The van der Waals surface area contributed by atoms with Crippen LogP contribution in [0.5, 0.6) is 0 Å². The maximum absolute atomic E-state index is 12.9. The molecule has 2 N–H and O–H groups in total. The lowest BCUT2D eigenvalue weighted by atomic mass is 9.85. The van der Waals surface area contributed by atoms with Crippen molar-refractivity contribution in [1.82, 2.24) is 10.6 Å². The van der Waals surface area contributed by atoms with E-state index in [1.807, 2.05) is 6.92 Å². The first-order valence-corrected chi connectivity index (χ1v) is 8.48. The standard InChI is InChI=1S/C18H26F3N3.HI/c1-13-6-8-14(9-7-13)10-11-23-17(22-2)24-16-5-3-4-15(12-16)18(19,20)21;/h6-9,15-16H,3-5,10-12H2,1-2H3,(H2,22,23,24);1H. The fourth-order valence-corrected chi connectivity index (χ4v) is 3.09. The molecule has 25 heavy (non-hydrogen) atoms. The minimum atomic E-state index is -4.09. The van der Waals surface area contributed by atoms with E-state index < -0.39 is 12.1 Å². The molecule has 1 aromatic carbocycles. The van der Waals surface area contributed by atoms with E-state index in [2.05, 4.69) is 39.9 Å². The summed E-state index contributed by atoms with van der Waals surface area (Å²) in [6, 6.07) is 8.14. The van der Waals surface area contributed by atoms with Crippen LogP contribution < -0.4 is 10.6 Å². The van der Waals surface area contributed by atoms with Crippen LogP contribution in [0.25, 0.3) is 0 Å². The Hall–Kier alpha value is -0.990. The van der Waals surface area contributed by atoms with Crippen LogP contribution in [0.15, 0.2) is 29.3 Å². The Morgan fingerprint density at radius 3 is 2.48 bits per heavy atom. The summed E-state index contributed by atoms with van der Waals surface area (Å²) in [4.78, 5) is 4.13. The Morgan fingerprint density at radius 1 is 1.20 bits per heavy atom. The molecule has 2 rings (SSSR count). The molecule has 7 heteroatoms. The number of halogens is 4. The SMILES string of the molecule is CN=C(NCCc1ccc(C)cc1)NC1CCCC(C(F)(F)F)C1.I. The molecule has 0 aromatic heterocycles. The fraction of sp³-hybridized carbons (Fsp3) is 0.611. The van der Waals surface area contributed by atoms with E-state index in [0.717, 1.165) is 12.8 Å². The molecule has 142 valence electrons. The van der Waals surface area contributed by atoms with Crippen LogP contribution in [0.1, 0.15) is 36.8 Å². The van der Waals surface area contributed by atoms with Gasteiger partial charge in [0, 0.05) is 19.6 Å². The third-order valence-electron chi connectivity index (χ3n) is 4.53. The van der Waals surface area contributed by atoms with E-state index in [4.69, 9.17) is 0 Å². The van der Waals surface area contributed by atoms with Crippen LogP contribution in [0.2, 0.25) is 0 Å². The molecule has 1 aliphatic carbocycles. The Bertz CT molecular complexity index is 543. The van der Waals surface area contributed by atoms with Gasteiger partial charge in [-0.3, -0.25) is 4.99 Å². The van der Waals surface area contributed by atoms with Crippen LogP contribution in [-0.2, 0) is 6.42 Å². The molecule has 1 aliphatic rings. The second-order valence-electron chi connectivity index (χ2n) is 6.48. The van der Waals surface area contributed by atoms with Crippen LogP contribution in [0.3, 0.4) is 0 Å². The van der Waals surface area contributed by atoms with Crippen LogP contribution in [0, 0.1) is 12.8 Å². The van der Waals surface area contributed by atoms with Gasteiger partial charge in [0.05, 0.1) is 5.92 Å². The van der Waals surface area contributed by atoms with Gasteiger partial charge in [0.25, 0.3) is 0 Å². The number of hydrogen-bond acceptors (Lipinski definition) is 1. The minimum Gasteiger partial charge on any atom is -0.356 e. The van der Waals surface area contributed by atoms with Gasteiger partial charge in [-0.15, -0.1) is 24.0 Å². The van der Waals surface area contributed by atoms with E-state index in [-0.39, 0.29) is 42.9 Å². The van der Waals surface area contributed by atoms with Crippen molar-refractivity contribution >= 4 is 29.9 Å². The van der Waals surface area contributed by atoms with Gasteiger partial charge in [-0.25, -0.2) is 0 Å². The van der Waals surface area contributed by atoms with Crippen molar-refractivity contribution < 1.29 is 13.2 Å². The van der Waals surface area contributed by atoms with E-state index >= 15 is 0 Å². The van der Waals surface area contributed by atoms with Gasteiger partial charge in [-0.1, -0.05) is 36.2 Å². The molecule has 0 saturated heterocycles. The molecule has 1 fully saturated rings. The van der Waals surface area contributed by atoms with Crippen molar-refractivity contribution in [2.45, 2.75) is 51.2 Å². The van der Waals surface area contributed by atoms with Crippen LogP contribution in [-0.4, -0.2) is 31.8 Å². The van der Waals surface area contributed by atoms with Crippen molar-refractivity contribution in [2.24, 2.45) is 10.9 Å². The molecule has 0 aliphatic heterocycles. The zero-order valence-electron chi connectivity index (χ0n) is 14.7. The molecular formula is C18H27F3IN3. The molecule has 0 heterocycles. The second-order valence-corrected chi connectivity index (χ2v) is 6.48. The molecular weight excluding hydrogens is 442 g/mol. The zero-order chi connectivity index (χ0) is 17.6. The number of aliphatic imine (C=N–C) groups is 1. The number of aryl methyl sites for hydroxylation is 1. The average Bonchev–Trinajstić information content (AvgIpc) is 2.55. The molecule has 1 saturated carbocycles. The molecule has 3 nitrogen and oxygen atoms in total. The molecule has 2 unspecified atom stereocenters. The summed E-state index contributed by atoms with van der Waals surface area (Å²) in [6.45, 7) is 2.74. The predicted octanol–water partition coefficient (Wildman–Crippen LogP) is 4.44. The molecule has 0 spiro atoms. The van der Waals surface area contributed by atoms with Gasteiger partial charge in [0.1, 0.15) is 0 Å². The van der Waals surface area contributed by atoms with Crippen molar-refractivity contribution in [3.05, 3.63) is 35.4 Å². The summed E-state index contributed by atoms with van der Waals surface area (Å²) < 4.78 is 38.6. The monoisotopic (exact) mass is 469 g/mol. The van der Waals surface area contributed by atoms with E-state index in [0.29, 0.717) is 18.9 Å². The molecule has 1 aromatic rings. The Morgan fingerprint density at radius 2 is 1.88 bits per heavy atom. The third kappa shape index (κ3) is 7.42. The fourth-order valence-electron chi connectivity index (χ4n) is 3.09. The van der Waals surface area contributed by atoms with Crippen molar-refractivity contribution in [2.75, 3.05) is 13.6 Å². The summed E-state index contributed by atoms with van der Waals surface area (Å²) in [6.07, 6.45) is -1.53. The summed E-state index contributed by atoms with van der Waals surface area (Å²) in [5.74, 6) is -0.621. The van der Waals surface area contributed by atoms with Crippen molar-refractivity contribution in [3.63, 3.8) is 0 Å². The van der Waals surface area contributed by atoms with E-state index in [1.54, 1.807) is 7.05 Å². The highest BCUT2D eigenvalue weighted by Gasteiger charge is 2.42. The van der Waals surface area contributed by atoms with Gasteiger partial charge in [-0.05, 0) is 38.2 Å². The first-order valence-electron chi connectivity index (χ1n) is 8.48.